The van der Waals surface area contributed by atoms with Crippen molar-refractivity contribution >= 4 is 7.82 Å². The number of halogens is 1. The number of aromatic nitrogens is 2. The lowest BCUT2D eigenvalue weighted by atomic mass is 10.6. The first-order valence-corrected chi connectivity index (χ1v) is 6.10. The number of aromatic amines is 1. The van der Waals surface area contributed by atoms with Gasteiger partial charge in [0.2, 0.25) is 5.82 Å². The minimum Gasteiger partial charge on any atom is -0.358 e. The molecule has 0 amide bonds. The van der Waals surface area contributed by atoms with Gasteiger partial charge in [-0.15, -0.1) is 0 Å². The van der Waals surface area contributed by atoms with Crippen molar-refractivity contribution in [3.8, 4) is 0 Å². The molecule has 1 aromatic heterocycles. The minimum atomic E-state index is -4.56. The SMILES string of the molecule is O=c1[nH]c(=O)n(COCCOP(=O)(O)O)cc1F. The first kappa shape index (κ1) is 14.7. The van der Waals surface area contributed by atoms with Crippen molar-refractivity contribution in [2.75, 3.05) is 13.2 Å². The van der Waals surface area contributed by atoms with Gasteiger partial charge < -0.3 is 14.5 Å². The second-order valence-electron chi connectivity index (χ2n) is 3.07. The van der Waals surface area contributed by atoms with E-state index in [4.69, 9.17) is 14.5 Å². The molecule has 102 valence electrons. The maximum absolute atomic E-state index is 12.8. The smallest absolute Gasteiger partial charge is 0.358 e. The number of hydrogen-bond donors (Lipinski definition) is 3. The third-order valence-electron chi connectivity index (χ3n) is 1.68. The number of H-pyrrole nitrogens is 1. The van der Waals surface area contributed by atoms with Crippen LogP contribution < -0.4 is 11.2 Å². The standard InChI is InChI=1S/C7H10FN2O7P/c8-5-3-10(7(12)9-6(5)11)4-16-1-2-17-18(13,14)15/h3H,1-2,4H2,(H,9,11,12)(H2,13,14,15). The van der Waals surface area contributed by atoms with Crippen LogP contribution in [0, 0.1) is 5.82 Å². The van der Waals surface area contributed by atoms with Gasteiger partial charge in [0.1, 0.15) is 6.73 Å². The second-order valence-corrected chi connectivity index (χ2v) is 4.31. The van der Waals surface area contributed by atoms with E-state index in [0.29, 0.717) is 6.20 Å². The van der Waals surface area contributed by atoms with Crippen LogP contribution in [0.3, 0.4) is 0 Å². The summed E-state index contributed by atoms with van der Waals surface area (Å²) in [6.07, 6.45) is 0.658. The first-order chi connectivity index (χ1) is 8.29. The van der Waals surface area contributed by atoms with E-state index in [0.717, 1.165) is 4.57 Å². The summed E-state index contributed by atoms with van der Waals surface area (Å²) in [6.45, 7) is -1.01. The van der Waals surface area contributed by atoms with Crippen LogP contribution in [0.25, 0.3) is 0 Å². The topological polar surface area (TPSA) is 131 Å². The zero-order chi connectivity index (χ0) is 13.8. The summed E-state index contributed by atoms with van der Waals surface area (Å²) in [5.41, 5.74) is -2.00. The van der Waals surface area contributed by atoms with E-state index in [1.807, 2.05) is 0 Å². The highest BCUT2D eigenvalue weighted by Gasteiger charge is 2.12. The molecule has 0 saturated carbocycles. The van der Waals surface area contributed by atoms with Crippen molar-refractivity contribution in [3.63, 3.8) is 0 Å². The highest BCUT2D eigenvalue weighted by Crippen LogP contribution is 2.35. The van der Waals surface area contributed by atoms with Gasteiger partial charge in [0, 0.05) is 0 Å². The monoisotopic (exact) mass is 284 g/mol. The fourth-order valence-corrected chi connectivity index (χ4v) is 1.27. The zero-order valence-corrected chi connectivity index (χ0v) is 9.80. The average molecular weight is 284 g/mol. The minimum absolute atomic E-state index is 0.224. The third kappa shape index (κ3) is 4.90. The van der Waals surface area contributed by atoms with Crippen LogP contribution in [-0.2, 0) is 20.6 Å². The molecule has 9 nitrogen and oxygen atoms in total. The zero-order valence-electron chi connectivity index (χ0n) is 8.91. The van der Waals surface area contributed by atoms with E-state index in [-0.39, 0.29) is 6.61 Å². The highest BCUT2D eigenvalue weighted by molar-refractivity contribution is 7.46. The molecule has 0 aliphatic rings. The molecule has 1 heterocycles. The average Bonchev–Trinajstić information content (AvgIpc) is 2.23. The molecule has 0 spiro atoms. The lowest BCUT2D eigenvalue weighted by Gasteiger charge is -2.07. The Hall–Kier alpha value is -1.32. The number of rotatable bonds is 6. The molecule has 1 rings (SSSR count). The van der Waals surface area contributed by atoms with Gasteiger partial charge in [0.15, 0.2) is 0 Å². The number of nitrogens with zero attached hydrogens (tertiary/aromatic N) is 1. The van der Waals surface area contributed by atoms with Gasteiger partial charge in [0.25, 0.3) is 5.56 Å². The quantitative estimate of drug-likeness (QED) is 0.439. The molecule has 0 fully saturated rings. The summed E-state index contributed by atoms with van der Waals surface area (Å²) in [5.74, 6) is -1.15. The fraction of sp³-hybridized carbons (Fsp3) is 0.429. The molecule has 0 aromatic carbocycles. The van der Waals surface area contributed by atoms with Gasteiger partial charge in [-0.2, -0.15) is 4.39 Å². The summed E-state index contributed by atoms with van der Waals surface area (Å²) >= 11 is 0. The van der Waals surface area contributed by atoms with Crippen molar-refractivity contribution in [2.24, 2.45) is 0 Å². The molecule has 3 N–H and O–H groups in total. The van der Waals surface area contributed by atoms with Crippen LogP contribution in [0.5, 0.6) is 0 Å². The van der Waals surface area contributed by atoms with Gasteiger partial charge in [-0.05, 0) is 0 Å². The van der Waals surface area contributed by atoms with Crippen molar-refractivity contribution < 1.29 is 28.0 Å². The second kappa shape index (κ2) is 6.03. The first-order valence-electron chi connectivity index (χ1n) is 4.57. The van der Waals surface area contributed by atoms with Crippen molar-refractivity contribution in [1.82, 2.24) is 9.55 Å². The van der Waals surface area contributed by atoms with Gasteiger partial charge in [-0.25, -0.2) is 9.36 Å². The van der Waals surface area contributed by atoms with Crippen LogP contribution >= 0.6 is 7.82 Å². The van der Waals surface area contributed by atoms with Gasteiger partial charge in [-0.1, -0.05) is 0 Å². The fourth-order valence-electron chi connectivity index (χ4n) is 0.957. The van der Waals surface area contributed by atoms with E-state index in [2.05, 4.69) is 4.52 Å². The van der Waals surface area contributed by atoms with Crippen LogP contribution in [0.4, 0.5) is 4.39 Å². The summed E-state index contributed by atoms with van der Waals surface area (Å²) < 4.78 is 32.7. The number of phosphoric ester groups is 1. The molecule has 0 unspecified atom stereocenters. The van der Waals surface area contributed by atoms with Gasteiger partial charge >= 0.3 is 13.5 Å². The third-order valence-corrected chi connectivity index (χ3v) is 2.20. The lowest BCUT2D eigenvalue weighted by Crippen LogP contribution is -2.32. The Labute approximate surface area is 99.0 Å². The molecule has 0 saturated heterocycles. The lowest BCUT2D eigenvalue weighted by molar-refractivity contribution is 0.0430. The predicted octanol–water partition coefficient (Wildman–Crippen LogP) is -1.24. The summed E-state index contributed by atoms with van der Waals surface area (Å²) in [4.78, 5) is 40.2. The van der Waals surface area contributed by atoms with E-state index in [9.17, 15) is 18.5 Å². The molecule has 18 heavy (non-hydrogen) atoms. The molecule has 0 aliphatic heterocycles. The molecule has 11 heteroatoms. The van der Waals surface area contributed by atoms with Crippen LogP contribution in [0.15, 0.2) is 15.8 Å². The van der Waals surface area contributed by atoms with E-state index in [1.54, 1.807) is 4.98 Å². The number of phosphoric acid groups is 1. The molecule has 1 aromatic rings. The maximum atomic E-state index is 12.8. The van der Waals surface area contributed by atoms with Gasteiger partial charge in [-0.3, -0.25) is 18.9 Å². The molecule has 0 aliphatic carbocycles. The summed E-state index contributed by atoms with van der Waals surface area (Å²) in [6, 6.07) is 0. The summed E-state index contributed by atoms with van der Waals surface area (Å²) in [7, 11) is -4.56. The molecular weight excluding hydrogens is 274 g/mol. The largest absolute Gasteiger partial charge is 0.469 e. The number of hydrogen-bond acceptors (Lipinski definition) is 5. The van der Waals surface area contributed by atoms with Crippen LogP contribution in [-0.4, -0.2) is 32.6 Å². The Bertz CT molecular complexity index is 562. The normalized spacial score (nSPS) is 11.7. The Kier molecular flexibility index (Phi) is 4.93. The molecule has 0 radical (unpaired) electrons. The Morgan fingerprint density at radius 1 is 1.39 bits per heavy atom. The molecular formula is C7H10FN2O7P. The molecule has 0 bridgehead atoms. The molecule has 0 atom stereocenters. The predicted molar refractivity (Wildman–Crippen MR) is 55.2 cm³/mol. The van der Waals surface area contributed by atoms with Crippen LogP contribution in [0.2, 0.25) is 0 Å². The van der Waals surface area contributed by atoms with E-state index in [1.165, 1.54) is 0 Å². The van der Waals surface area contributed by atoms with Crippen LogP contribution in [0.1, 0.15) is 0 Å². The van der Waals surface area contributed by atoms with Crippen molar-refractivity contribution in [3.05, 3.63) is 32.9 Å². The maximum Gasteiger partial charge on any atom is 0.469 e. The van der Waals surface area contributed by atoms with E-state index < -0.39 is 38.2 Å². The Balaban J connectivity index is 2.45. The van der Waals surface area contributed by atoms with Gasteiger partial charge in [0.05, 0.1) is 19.4 Å². The highest BCUT2D eigenvalue weighted by atomic mass is 31.2. The van der Waals surface area contributed by atoms with Crippen molar-refractivity contribution in [2.45, 2.75) is 6.73 Å². The Morgan fingerprint density at radius 2 is 2.06 bits per heavy atom. The summed E-state index contributed by atoms with van der Waals surface area (Å²) in [5, 5.41) is 0. The van der Waals surface area contributed by atoms with E-state index >= 15 is 0 Å². The number of ether oxygens (including phenoxy) is 1. The van der Waals surface area contributed by atoms with Crippen molar-refractivity contribution in [1.29, 1.82) is 0 Å². The Morgan fingerprint density at radius 3 is 2.67 bits per heavy atom. The number of nitrogens with one attached hydrogen (secondary N) is 1.